The van der Waals surface area contributed by atoms with Crippen LogP contribution in [0.1, 0.15) is 38.2 Å². The van der Waals surface area contributed by atoms with E-state index in [1.807, 2.05) is 28.0 Å². The second kappa shape index (κ2) is 8.00. The topological polar surface area (TPSA) is 60.9 Å². The lowest BCUT2D eigenvalue weighted by atomic mass is 10.0. The Hall–Kier alpha value is -1.88. The van der Waals surface area contributed by atoms with Crippen molar-refractivity contribution in [1.29, 1.82) is 0 Å². The minimum atomic E-state index is -0.397. The average molecular weight is 344 g/mol. The number of likely N-dealkylation sites (tertiary alicyclic amines) is 2. The van der Waals surface area contributed by atoms with Crippen molar-refractivity contribution in [3.05, 3.63) is 35.9 Å². The number of aliphatic hydroxyl groups excluding tert-OH is 1. The highest BCUT2D eigenvalue weighted by Crippen LogP contribution is 2.27. The zero-order valence-electron chi connectivity index (χ0n) is 14.9. The maximum absolute atomic E-state index is 12.9. The summed E-state index contributed by atoms with van der Waals surface area (Å²) in [5.74, 6) is -0.0443. The van der Waals surface area contributed by atoms with Gasteiger partial charge in [-0.2, -0.15) is 0 Å². The van der Waals surface area contributed by atoms with Gasteiger partial charge in [0.15, 0.2) is 0 Å². The molecule has 2 amide bonds. The first-order valence-electron chi connectivity index (χ1n) is 9.35. The predicted molar refractivity (Wildman–Crippen MR) is 95.9 cm³/mol. The molecule has 5 nitrogen and oxygen atoms in total. The lowest BCUT2D eigenvalue weighted by molar-refractivity contribution is -0.137. The summed E-state index contributed by atoms with van der Waals surface area (Å²) < 4.78 is 0. The van der Waals surface area contributed by atoms with E-state index in [4.69, 9.17) is 0 Å². The highest BCUT2D eigenvalue weighted by Gasteiger charge is 2.39. The standard InChI is InChI=1S/C20H28N2O3/c1-15(23)12-18-8-5-10-22(18)20(25)17-13-19(24)21(14-17)11-9-16-6-3-2-4-7-16/h2-4,6-7,15,17-18,23H,5,8-14H2,1H3. The highest BCUT2D eigenvalue weighted by atomic mass is 16.3. The number of aliphatic hydroxyl groups is 1. The van der Waals surface area contributed by atoms with Gasteiger partial charge in [0.25, 0.3) is 0 Å². The molecule has 0 saturated carbocycles. The van der Waals surface area contributed by atoms with Gasteiger partial charge >= 0.3 is 0 Å². The Morgan fingerprint density at radius 1 is 1.32 bits per heavy atom. The van der Waals surface area contributed by atoms with Gasteiger partial charge in [-0.3, -0.25) is 9.59 Å². The van der Waals surface area contributed by atoms with Gasteiger partial charge in [-0.05, 0) is 38.2 Å². The SMILES string of the molecule is CC(O)CC1CCCN1C(=O)C1CC(=O)N(CCc2ccccc2)C1. The summed E-state index contributed by atoms with van der Waals surface area (Å²) in [7, 11) is 0. The minimum absolute atomic E-state index is 0.0838. The average Bonchev–Trinajstić information content (AvgIpc) is 3.19. The fourth-order valence-electron chi connectivity index (χ4n) is 4.06. The van der Waals surface area contributed by atoms with E-state index in [0.717, 1.165) is 25.8 Å². The van der Waals surface area contributed by atoms with E-state index >= 15 is 0 Å². The molecule has 2 heterocycles. The Morgan fingerprint density at radius 3 is 2.80 bits per heavy atom. The molecule has 3 rings (SSSR count). The van der Waals surface area contributed by atoms with Crippen molar-refractivity contribution in [2.24, 2.45) is 5.92 Å². The van der Waals surface area contributed by atoms with Crippen LogP contribution in [0.5, 0.6) is 0 Å². The number of rotatable bonds is 6. The number of carbonyl (C=O) groups is 2. The van der Waals surface area contributed by atoms with Crippen LogP contribution < -0.4 is 0 Å². The smallest absolute Gasteiger partial charge is 0.228 e. The number of benzene rings is 1. The third-order valence-electron chi connectivity index (χ3n) is 5.35. The quantitative estimate of drug-likeness (QED) is 0.857. The number of hydrogen-bond donors (Lipinski definition) is 1. The molecule has 2 fully saturated rings. The van der Waals surface area contributed by atoms with Crippen LogP contribution in [0.25, 0.3) is 0 Å². The minimum Gasteiger partial charge on any atom is -0.393 e. The molecule has 3 atom stereocenters. The zero-order chi connectivity index (χ0) is 17.8. The molecule has 25 heavy (non-hydrogen) atoms. The van der Waals surface area contributed by atoms with Gasteiger partial charge in [-0.1, -0.05) is 30.3 Å². The second-order valence-corrected chi connectivity index (χ2v) is 7.39. The number of carbonyl (C=O) groups excluding carboxylic acids is 2. The molecule has 1 aromatic carbocycles. The molecule has 3 unspecified atom stereocenters. The molecule has 0 bridgehead atoms. The van der Waals surface area contributed by atoms with Gasteiger partial charge in [0.2, 0.25) is 11.8 Å². The summed E-state index contributed by atoms with van der Waals surface area (Å²) >= 11 is 0. The maximum Gasteiger partial charge on any atom is 0.228 e. The van der Waals surface area contributed by atoms with Gasteiger partial charge in [-0.15, -0.1) is 0 Å². The molecule has 5 heteroatoms. The zero-order valence-corrected chi connectivity index (χ0v) is 14.9. The van der Waals surface area contributed by atoms with Gasteiger partial charge in [0.1, 0.15) is 0 Å². The largest absolute Gasteiger partial charge is 0.393 e. The van der Waals surface area contributed by atoms with E-state index in [-0.39, 0.29) is 23.8 Å². The first-order chi connectivity index (χ1) is 12.0. The van der Waals surface area contributed by atoms with Crippen molar-refractivity contribution < 1.29 is 14.7 Å². The van der Waals surface area contributed by atoms with E-state index in [9.17, 15) is 14.7 Å². The second-order valence-electron chi connectivity index (χ2n) is 7.39. The lowest BCUT2D eigenvalue weighted by Gasteiger charge is -2.28. The third kappa shape index (κ3) is 4.40. The van der Waals surface area contributed by atoms with Crippen LogP contribution in [0.15, 0.2) is 30.3 Å². The summed E-state index contributed by atoms with van der Waals surface area (Å²) in [5, 5.41) is 9.64. The lowest BCUT2D eigenvalue weighted by Crippen LogP contribution is -2.41. The number of nitrogens with zero attached hydrogens (tertiary/aromatic N) is 2. The van der Waals surface area contributed by atoms with Crippen LogP contribution >= 0.6 is 0 Å². The van der Waals surface area contributed by atoms with Crippen molar-refractivity contribution in [3.63, 3.8) is 0 Å². The molecular formula is C20H28N2O3. The van der Waals surface area contributed by atoms with E-state index in [2.05, 4.69) is 12.1 Å². The Kier molecular flexibility index (Phi) is 5.74. The van der Waals surface area contributed by atoms with Crippen LogP contribution in [0.4, 0.5) is 0 Å². The Morgan fingerprint density at radius 2 is 2.08 bits per heavy atom. The summed E-state index contributed by atoms with van der Waals surface area (Å²) in [6, 6.07) is 10.2. The van der Waals surface area contributed by atoms with Crippen LogP contribution in [0.2, 0.25) is 0 Å². The fourth-order valence-corrected chi connectivity index (χ4v) is 4.06. The molecule has 2 saturated heterocycles. The summed E-state index contributed by atoms with van der Waals surface area (Å²) in [6.45, 7) is 3.72. The molecule has 0 aromatic heterocycles. The molecular weight excluding hydrogens is 316 g/mol. The predicted octanol–water partition coefficient (Wildman–Crippen LogP) is 1.84. The molecule has 2 aliphatic rings. The van der Waals surface area contributed by atoms with E-state index < -0.39 is 6.10 Å². The van der Waals surface area contributed by atoms with Gasteiger partial charge in [0, 0.05) is 32.1 Å². The van der Waals surface area contributed by atoms with Gasteiger partial charge in [0.05, 0.1) is 12.0 Å². The summed E-state index contributed by atoms with van der Waals surface area (Å²) in [5.41, 5.74) is 1.21. The van der Waals surface area contributed by atoms with Crippen LogP contribution in [0.3, 0.4) is 0 Å². The van der Waals surface area contributed by atoms with Crippen LogP contribution in [0, 0.1) is 5.92 Å². The maximum atomic E-state index is 12.9. The van der Waals surface area contributed by atoms with E-state index in [0.29, 0.717) is 25.9 Å². The molecule has 2 aliphatic heterocycles. The molecule has 0 aliphatic carbocycles. The van der Waals surface area contributed by atoms with Crippen molar-refractivity contribution in [2.75, 3.05) is 19.6 Å². The first kappa shape index (κ1) is 17.9. The van der Waals surface area contributed by atoms with E-state index in [1.54, 1.807) is 6.92 Å². The van der Waals surface area contributed by atoms with Crippen LogP contribution in [-0.2, 0) is 16.0 Å². The Bertz CT molecular complexity index is 602. The Balaban J connectivity index is 1.55. The van der Waals surface area contributed by atoms with Crippen molar-refractivity contribution in [3.8, 4) is 0 Å². The molecule has 0 spiro atoms. The molecule has 1 N–H and O–H groups in total. The molecule has 136 valence electrons. The van der Waals surface area contributed by atoms with Gasteiger partial charge < -0.3 is 14.9 Å². The summed E-state index contributed by atoms with van der Waals surface area (Å²) in [4.78, 5) is 28.9. The van der Waals surface area contributed by atoms with Crippen molar-refractivity contribution in [1.82, 2.24) is 9.80 Å². The highest BCUT2D eigenvalue weighted by molar-refractivity contribution is 5.89. The van der Waals surface area contributed by atoms with E-state index in [1.165, 1.54) is 5.56 Å². The third-order valence-corrected chi connectivity index (χ3v) is 5.35. The number of amides is 2. The fraction of sp³-hybridized carbons (Fsp3) is 0.600. The molecule has 1 aromatic rings. The monoisotopic (exact) mass is 344 g/mol. The normalized spacial score (nSPS) is 24.8. The van der Waals surface area contributed by atoms with Gasteiger partial charge in [-0.25, -0.2) is 0 Å². The first-order valence-corrected chi connectivity index (χ1v) is 9.35. The Labute approximate surface area is 149 Å². The number of hydrogen-bond acceptors (Lipinski definition) is 3. The van der Waals surface area contributed by atoms with Crippen molar-refractivity contribution in [2.45, 2.75) is 51.2 Å². The van der Waals surface area contributed by atoms with Crippen LogP contribution in [-0.4, -0.2) is 58.5 Å². The van der Waals surface area contributed by atoms with Crippen molar-refractivity contribution >= 4 is 11.8 Å². The summed E-state index contributed by atoms with van der Waals surface area (Å²) in [6.07, 6.45) is 3.32. The molecule has 0 radical (unpaired) electrons.